The first-order chi connectivity index (χ1) is 8.20. The number of quaternary nitrogens is 1. The van der Waals surface area contributed by atoms with Crippen LogP contribution in [0.15, 0.2) is 24.3 Å². The van der Waals surface area contributed by atoms with E-state index < -0.39 is 6.09 Å². The van der Waals surface area contributed by atoms with Crippen LogP contribution in [-0.4, -0.2) is 50.8 Å². The van der Waals surface area contributed by atoms with Gasteiger partial charge in [0.25, 0.3) is 0 Å². The molecule has 0 saturated carbocycles. The summed E-state index contributed by atoms with van der Waals surface area (Å²) in [4.78, 5) is 10.5. The molecule has 0 atom stereocenters. The van der Waals surface area contributed by atoms with E-state index in [2.05, 4.69) is 21.0 Å². The molecule has 19 heavy (non-hydrogen) atoms. The number of nitrogens with zero attached hydrogens (tertiary/aromatic N) is 2. The lowest BCUT2D eigenvalue weighted by molar-refractivity contribution is -0.262. The second-order valence-electron chi connectivity index (χ2n) is 4.68. The maximum absolute atomic E-state index is 9.51. The highest BCUT2D eigenvalue weighted by molar-refractivity contribution is 14.0. The molecule has 1 rings (SSSR count). The summed E-state index contributed by atoms with van der Waals surface area (Å²) in [5.41, 5.74) is 1.22. The quantitative estimate of drug-likeness (QED) is 0.623. The van der Waals surface area contributed by atoms with Crippen molar-refractivity contribution in [3.05, 3.63) is 24.3 Å². The fourth-order valence-electron chi connectivity index (χ4n) is 1.04. The predicted octanol–water partition coefficient (Wildman–Crippen LogP) is 1.49. The molecule has 0 bridgehead atoms. The summed E-state index contributed by atoms with van der Waals surface area (Å²) >= 11 is 0. The molecule has 0 saturated heterocycles. The summed E-state index contributed by atoms with van der Waals surface area (Å²) in [6, 6.07) is 7.37. The van der Waals surface area contributed by atoms with E-state index in [1.165, 1.54) is 19.8 Å². The minimum atomic E-state index is -1.16. The molecular formula is C13H23IN2O3. The molecule has 1 aromatic rings. The first kappa shape index (κ1) is 20.3. The van der Waals surface area contributed by atoms with Gasteiger partial charge in [-0.25, -0.2) is 0 Å². The lowest BCUT2D eigenvalue weighted by atomic mass is 10.2. The zero-order chi connectivity index (χ0) is 14.3. The van der Waals surface area contributed by atoms with Crippen molar-refractivity contribution < 1.29 is 15.0 Å². The number of hydrogen-bond acceptors (Lipinski definition) is 3. The Balaban J connectivity index is 0. The summed E-state index contributed by atoms with van der Waals surface area (Å²) in [5, 5.41) is 18.6. The van der Waals surface area contributed by atoms with Crippen LogP contribution in [0.25, 0.3) is 0 Å². The number of aromatic hydroxyl groups is 1. The summed E-state index contributed by atoms with van der Waals surface area (Å²) in [6.45, 7) is 3.19. The number of carboxylic acid groups (broad SMARTS) is 1. The van der Waals surface area contributed by atoms with E-state index in [9.17, 15) is 9.90 Å². The Morgan fingerprint density at radius 1 is 1.26 bits per heavy atom. The monoisotopic (exact) mass is 382 g/mol. The van der Waals surface area contributed by atoms with Gasteiger partial charge in [0.15, 0.2) is 0 Å². The fourth-order valence-corrected chi connectivity index (χ4v) is 1.04. The molecule has 1 aromatic carbocycles. The maximum atomic E-state index is 9.51. The molecule has 1 amide bonds. The highest BCUT2D eigenvalue weighted by atomic mass is 127. The average Bonchev–Trinajstić information content (AvgIpc) is 2.30. The zero-order valence-corrected chi connectivity index (χ0v) is 14.4. The van der Waals surface area contributed by atoms with Crippen LogP contribution >= 0.6 is 24.0 Å². The molecule has 110 valence electrons. The largest absolute Gasteiger partial charge is 0.530 e. The number of phenols is 1. The molecule has 0 aromatic heterocycles. The zero-order valence-electron chi connectivity index (χ0n) is 12.1. The lowest BCUT2D eigenvalue weighted by Crippen LogP contribution is -2.39. The smallest absolute Gasteiger partial charge is 0.136 e. The van der Waals surface area contributed by atoms with Crippen LogP contribution in [0, 0.1) is 0 Å². The number of phenolic OH excluding ortho intramolecular Hbond substituents is 1. The summed E-state index contributed by atoms with van der Waals surface area (Å²) in [7, 11) is 7.11. The van der Waals surface area contributed by atoms with Crippen molar-refractivity contribution in [3.8, 4) is 5.75 Å². The Morgan fingerprint density at radius 2 is 1.63 bits per heavy atom. The predicted molar refractivity (Wildman–Crippen MR) is 86.8 cm³/mol. The van der Waals surface area contributed by atoms with Crippen LogP contribution in [0.1, 0.15) is 6.92 Å². The van der Waals surface area contributed by atoms with Crippen molar-refractivity contribution in [2.45, 2.75) is 6.92 Å². The first-order valence-corrected chi connectivity index (χ1v) is 5.71. The van der Waals surface area contributed by atoms with Gasteiger partial charge in [0.05, 0.1) is 20.6 Å². The average molecular weight is 382 g/mol. The van der Waals surface area contributed by atoms with Crippen molar-refractivity contribution in [2.24, 2.45) is 0 Å². The number of benzene rings is 1. The van der Waals surface area contributed by atoms with E-state index in [4.69, 9.17) is 5.11 Å². The molecule has 0 aliphatic heterocycles. The molecule has 6 heteroatoms. The Bertz CT molecular complexity index is 378. The van der Waals surface area contributed by atoms with Gasteiger partial charge in [-0.05, 0) is 19.1 Å². The molecule has 0 aliphatic rings. The third-order valence-corrected chi connectivity index (χ3v) is 2.70. The number of hydrogen-bond donors (Lipinski definition) is 1. The van der Waals surface area contributed by atoms with Gasteiger partial charge >= 0.3 is 0 Å². The van der Waals surface area contributed by atoms with Crippen LogP contribution < -0.4 is 9.59 Å². The van der Waals surface area contributed by atoms with Gasteiger partial charge in [-0.1, -0.05) is 0 Å². The third kappa shape index (κ3) is 7.89. The van der Waals surface area contributed by atoms with Crippen molar-refractivity contribution in [1.82, 2.24) is 9.38 Å². The van der Waals surface area contributed by atoms with Gasteiger partial charge in [0.1, 0.15) is 17.5 Å². The number of rotatable bonds is 2. The van der Waals surface area contributed by atoms with Gasteiger partial charge in [0.2, 0.25) is 0 Å². The van der Waals surface area contributed by atoms with E-state index in [-0.39, 0.29) is 24.0 Å². The van der Waals surface area contributed by atoms with Gasteiger partial charge in [0, 0.05) is 26.2 Å². The Hall–Kier alpha value is -1.02. The van der Waals surface area contributed by atoms with Gasteiger partial charge in [-0.2, -0.15) is 0 Å². The van der Waals surface area contributed by atoms with Crippen molar-refractivity contribution in [3.63, 3.8) is 0 Å². The highest BCUT2D eigenvalue weighted by Gasteiger charge is 2.14. The Labute approximate surface area is 132 Å². The summed E-state index contributed by atoms with van der Waals surface area (Å²) in [5.74, 6) is 0.329. The van der Waals surface area contributed by atoms with E-state index >= 15 is 0 Å². The molecule has 0 unspecified atom stereocenters. The van der Waals surface area contributed by atoms with Crippen LogP contribution in [0.4, 0.5) is 10.5 Å². The molecule has 5 nitrogen and oxygen atoms in total. The van der Waals surface area contributed by atoms with Crippen molar-refractivity contribution >= 4 is 35.8 Å². The molecule has 0 spiro atoms. The van der Waals surface area contributed by atoms with Crippen molar-refractivity contribution in [2.75, 3.05) is 34.7 Å². The molecular weight excluding hydrogens is 359 g/mol. The Kier molecular flexibility index (Phi) is 9.59. The lowest BCUT2D eigenvalue weighted by Gasteiger charge is -2.27. The maximum Gasteiger partial charge on any atom is 0.136 e. The third-order valence-electron chi connectivity index (χ3n) is 2.70. The molecule has 0 aliphatic carbocycles. The number of carbonyl (C=O) groups excluding carboxylic acids is 1. The first-order valence-electron chi connectivity index (χ1n) is 5.71. The number of amides is 1. The topological polar surface area (TPSA) is 63.6 Å². The summed E-state index contributed by atoms with van der Waals surface area (Å²) in [6.07, 6.45) is -1.16. The molecule has 1 N–H and O–H groups in total. The Morgan fingerprint density at radius 3 is 1.89 bits per heavy atom. The number of halogens is 1. The van der Waals surface area contributed by atoms with Crippen molar-refractivity contribution in [1.29, 1.82) is 0 Å². The van der Waals surface area contributed by atoms with Crippen LogP contribution in [0.3, 0.4) is 0 Å². The van der Waals surface area contributed by atoms with Gasteiger partial charge < -0.3 is 19.9 Å². The molecule has 0 fully saturated rings. The normalized spacial score (nSPS) is 9.74. The standard InChI is InChI=1S/C10H15NO.C3H7NO2.HI/c1-4-11(2,3)9-5-7-10(12)8-6-9;1-4(2)3(5)6;/h5-8H,4H2,1-3H3;1-2H3,(H,5,6);1H. The van der Waals surface area contributed by atoms with E-state index in [1.807, 2.05) is 12.1 Å². The van der Waals surface area contributed by atoms with E-state index in [1.54, 1.807) is 12.1 Å². The highest BCUT2D eigenvalue weighted by Crippen LogP contribution is 2.21. The molecule has 0 heterocycles. The van der Waals surface area contributed by atoms with Crippen LogP contribution in [0.2, 0.25) is 0 Å². The second-order valence-corrected chi connectivity index (χ2v) is 4.68. The van der Waals surface area contributed by atoms with Gasteiger partial charge in [-0.3, -0.25) is 4.48 Å². The number of carbonyl (C=O) groups is 1. The fraction of sp³-hybridized carbons (Fsp3) is 0.462. The van der Waals surface area contributed by atoms with Crippen LogP contribution in [-0.2, 0) is 0 Å². The van der Waals surface area contributed by atoms with E-state index in [0.29, 0.717) is 5.75 Å². The SMILES string of the molecule is CC[N+](C)(C)c1ccc(O)cc1.CN(C)C(=O)[O-].I. The summed E-state index contributed by atoms with van der Waals surface area (Å²) < 4.78 is 0.847. The molecule has 0 radical (unpaired) electrons. The van der Waals surface area contributed by atoms with Gasteiger partial charge in [-0.15, -0.1) is 24.0 Å². The van der Waals surface area contributed by atoms with Crippen LogP contribution in [0.5, 0.6) is 5.75 Å². The second kappa shape index (κ2) is 8.98. The minimum absolute atomic E-state index is 0. The minimum Gasteiger partial charge on any atom is -0.530 e. The van der Waals surface area contributed by atoms with E-state index in [0.717, 1.165) is 15.9 Å².